The number of aliphatic hydroxyl groups excluding tert-OH is 2. The normalized spacial score (nSPS) is 45.4. The number of ketones is 4. The molecule has 5 N–H and O–H groups in total. The zero-order valence-electron chi connectivity index (χ0n) is 40.1. The maximum absolute atomic E-state index is 17.4. The molecular weight excluding hydrogens is 910 g/mol. The summed E-state index contributed by atoms with van der Waals surface area (Å²) < 4.78 is 61.0. The lowest BCUT2D eigenvalue weighted by Crippen LogP contribution is -2.70. The van der Waals surface area contributed by atoms with Crippen LogP contribution < -0.4 is 0 Å². The number of hydrogen-bond donors (Lipinski definition) is 5. The molecule has 8 rings (SSSR count). The van der Waals surface area contributed by atoms with Gasteiger partial charge in [0.25, 0.3) is 0 Å². The Morgan fingerprint density at radius 1 is 0.706 bits per heavy atom. The highest BCUT2D eigenvalue weighted by Crippen LogP contribution is 2.73. The fourth-order valence-corrected chi connectivity index (χ4v) is 15.7. The number of phosphoric ester groups is 1. The highest BCUT2D eigenvalue weighted by Gasteiger charge is 2.78. The number of alkyl halides is 2. The summed E-state index contributed by atoms with van der Waals surface area (Å²) in [7, 11) is -4.93. The van der Waals surface area contributed by atoms with E-state index in [-0.39, 0.29) is 43.2 Å². The van der Waals surface area contributed by atoms with Gasteiger partial charge in [0.1, 0.15) is 12.2 Å². The molecule has 0 unspecified atom stereocenters. The molecule has 0 amide bonds. The number of phosphoric acid groups is 1. The van der Waals surface area contributed by atoms with Crippen molar-refractivity contribution in [3.63, 3.8) is 0 Å². The van der Waals surface area contributed by atoms with E-state index in [1.807, 2.05) is 6.92 Å². The summed E-state index contributed by atoms with van der Waals surface area (Å²) in [5, 5.41) is 34.4. The van der Waals surface area contributed by atoms with Crippen LogP contribution in [0.5, 0.6) is 0 Å². The lowest BCUT2D eigenvalue weighted by Gasteiger charge is -2.62. The summed E-state index contributed by atoms with van der Waals surface area (Å²) in [4.78, 5) is 93.2. The van der Waals surface area contributed by atoms with E-state index in [0.29, 0.717) is 49.7 Å². The molecule has 0 heterocycles. The average Bonchev–Trinajstić information content (AvgIpc) is 3.61. The minimum atomic E-state index is -4.93. The maximum Gasteiger partial charge on any atom is 0.470 e. The van der Waals surface area contributed by atoms with Gasteiger partial charge in [0, 0.05) is 52.3 Å². The standard InChI is InChI=1S/C28H37FO7.C22H30FO8P/c1-6-23(33)35-15-22(32)28(36-24(34)7-2)16(3)12-20-19-9-8-17-13-18(30)10-11-25(17,4)27(19,29)21(31)14-26(20,28)5;1-12-8-16-15-5-4-13-9-14(24)6-7-19(13,2)21(15,23)17(25)10-20(16,3)22(12,27)18(26)11-31-32(28,29)30/h10-11,13,16,19-21,31H,6-9,12,14-15H2,1-5H3;6-7,9,12,15-17,25,27H,4-5,8,10-11H2,1-3H3,(H2,28,29,30)/t16-,19-,20-,21-,25-,26-,27-,28-;12-,15-,16-,17-,19-,20-,21-,22-/m00/s1. The lowest BCUT2D eigenvalue weighted by molar-refractivity contribution is -0.228. The number of carbonyl (C=O) groups is 6. The van der Waals surface area contributed by atoms with Crippen LogP contribution in [-0.4, -0.2) is 108 Å². The summed E-state index contributed by atoms with van der Waals surface area (Å²) in [5.41, 5.74) is -11.1. The first-order valence-electron chi connectivity index (χ1n) is 23.9. The highest BCUT2D eigenvalue weighted by molar-refractivity contribution is 7.46. The summed E-state index contributed by atoms with van der Waals surface area (Å²) in [6.45, 7) is 12.1. The van der Waals surface area contributed by atoms with Gasteiger partial charge in [0.05, 0.1) is 12.2 Å². The van der Waals surface area contributed by atoms with Crippen LogP contribution in [0.15, 0.2) is 47.6 Å². The smallest absolute Gasteiger partial charge is 0.457 e. The lowest BCUT2D eigenvalue weighted by atomic mass is 9.44. The van der Waals surface area contributed by atoms with Gasteiger partial charge < -0.3 is 34.6 Å². The topological polar surface area (TPSA) is 248 Å². The first-order valence-corrected chi connectivity index (χ1v) is 25.4. The highest BCUT2D eigenvalue weighted by atomic mass is 31.2. The number of rotatable bonds is 10. The Morgan fingerprint density at radius 3 is 1.63 bits per heavy atom. The predicted octanol–water partition coefficient (Wildman–Crippen LogP) is 5.83. The molecule has 0 aromatic carbocycles. The molecule has 0 aromatic rings. The van der Waals surface area contributed by atoms with Gasteiger partial charge in [-0.2, -0.15) is 0 Å². The van der Waals surface area contributed by atoms with Crippen LogP contribution in [-0.2, 0) is 47.3 Å². The van der Waals surface area contributed by atoms with Crippen molar-refractivity contribution in [3.05, 3.63) is 47.6 Å². The molecule has 0 saturated heterocycles. The summed E-state index contributed by atoms with van der Waals surface area (Å²) in [6, 6.07) is 0. The molecule has 0 aliphatic heterocycles. The number of ether oxygens (including phenoxy) is 2. The number of esters is 2. The third kappa shape index (κ3) is 7.24. The Hall–Kier alpha value is -3.57. The van der Waals surface area contributed by atoms with E-state index in [9.17, 15) is 48.7 Å². The third-order valence-electron chi connectivity index (χ3n) is 18.8. The van der Waals surface area contributed by atoms with Gasteiger partial charge in [0.15, 0.2) is 40.9 Å². The molecule has 68 heavy (non-hydrogen) atoms. The molecule has 8 aliphatic carbocycles. The first-order chi connectivity index (χ1) is 31.4. The van der Waals surface area contributed by atoms with Gasteiger partial charge in [0.2, 0.25) is 5.78 Å². The summed E-state index contributed by atoms with van der Waals surface area (Å²) >= 11 is 0. The van der Waals surface area contributed by atoms with Gasteiger partial charge in [-0.3, -0.25) is 33.3 Å². The molecule has 0 spiro atoms. The SMILES string of the molecule is CCC(=O)OCC(=O)[C@@]1(OC(=O)CC)[C@@H](C)C[C@H]2[C@@H]3CCC4=CC(=O)C=C[C@]4(C)[C@@]3(F)[C@@H](O)C[C@@]21C.C[C@H]1C[C@H]2[C@@H]3CCC4=CC(=O)C=C[C@]4(C)[C@@]3(F)[C@@H](O)C[C@]2(C)[C@@]1(O)C(=O)COP(=O)(O)O. The van der Waals surface area contributed by atoms with E-state index in [1.165, 1.54) is 30.4 Å². The number of carbonyl (C=O) groups excluding carboxylic acids is 6. The molecule has 8 aliphatic rings. The second kappa shape index (κ2) is 17.3. The summed E-state index contributed by atoms with van der Waals surface area (Å²) in [6.07, 6.45) is 8.01. The minimum Gasteiger partial charge on any atom is -0.457 e. The van der Waals surface area contributed by atoms with Crippen molar-refractivity contribution in [3.8, 4) is 0 Å². The first kappa shape index (κ1) is 52.3. The quantitative estimate of drug-likeness (QED) is 0.128. The van der Waals surface area contributed by atoms with E-state index in [4.69, 9.17) is 19.3 Å². The second-order valence-electron chi connectivity index (χ2n) is 21.8. The minimum absolute atomic E-state index is 0.0430. The Kier molecular flexibility index (Phi) is 13.3. The zero-order chi connectivity index (χ0) is 50.6. The molecule has 0 bridgehead atoms. The Labute approximate surface area is 395 Å². The number of hydrogen-bond acceptors (Lipinski definition) is 13. The summed E-state index contributed by atoms with van der Waals surface area (Å²) in [5.74, 6) is -6.18. The van der Waals surface area contributed by atoms with Gasteiger partial charge in [-0.1, -0.05) is 64.8 Å². The monoisotopic (exact) mass is 976 g/mol. The van der Waals surface area contributed by atoms with Crippen LogP contribution >= 0.6 is 7.82 Å². The van der Waals surface area contributed by atoms with E-state index in [2.05, 4.69) is 4.52 Å². The molecule has 0 aromatic heterocycles. The number of fused-ring (bicyclic) bond motifs is 10. The van der Waals surface area contributed by atoms with Crippen LogP contribution in [0.2, 0.25) is 0 Å². The van der Waals surface area contributed by atoms with Crippen molar-refractivity contribution in [1.29, 1.82) is 0 Å². The molecule has 6 fully saturated rings. The van der Waals surface area contributed by atoms with Crippen LogP contribution in [0, 0.1) is 57.2 Å². The van der Waals surface area contributed by atoms with Crippen molar-refractivity contribution in [2.45, 2.75) is 154 Å². The second-order valence-corrected chi connectivity index (χ2v) is 23.0. The maximum atomic E-state index is 17.4. The Balaban J connectivity index is 0.000000203. The van der Waals surface area contributed by atoms with Crippen LogP contribution in [0.4, 0.5) is 8.78 Å². The van der Waals surface area contributed by atoms with Gasteiger partial charge in [-0.25, -0.2) is 13.3 Å². The van der Waals surface area contributed by atoms with E-state index < -0.39 is 131 Å². The zero-order valence-corrected chi connectivity index (χ0v) is 41.0. The van der Waals surface area contributed by atoms with Crippen molar-refractivity contribution >= 4 is 42.9 Å². The largest absolute Gasteiger partial charge is 0.470 e. The van der Waals surface area contributed by atoms with Gasteiger partial charge >= 0.3 is 19.8 Å². The van der Waals surface area contributed by atoms with Crippen LogP contribution in [0.1, 0.15) is 120 Å². The van der Waals surface area contributed by atoms with Crippen molar-refractivity contribution in [2.75, 3.05) is 13.2 Å². The van der Waals surface area contributed by atoms with Gasteiger partial charge in [-0.05, 0) is 107 Å². The molecule has 376 valence electrons. The molecule has 6 saturated carbocycles. The molecule has 18 heteroatoms. The Bertz CT molecular complexity index is 2340. The van der Waals surface area contributed by atoms with Crippen molar-refractivity contribution in [2.24, 2.45) is 57.2 Å². The number of Topliss-reactive ketones (excluding diaryl/α,β-unsaturated/α-hetero) is 2. The van der Waals surface area contributed by atoms with E-state index in [0.717, 1.165) is 0 Å². The number of halogens is 2. The average molecular weight is 977 g/mol. The number of allylic oxidation sites excluding steroid dienone is 8. The van der Waals surface area contributed by atoms with Crippen molar-refractivity contribution in [1.82, 2.24) is 0 Å². The molecule has 0 radical (unpaired) electrons. The molecular formula is C50H67F2O15P. The Morgan fingerprint density at radius 2 is 1.16 bits per heavy atom. The van der Waals surface area contributed by atoms with E-state index >= 15 is 8.78 Å². The molecule has 16 atom stereocenters. The van der Waals surface area contributed by atoms with Crippen LogP contribution in [0.25, 0.3) is 0 Å². The number of aliphatic hydroxyl groups is 3. The predicted molar refractivity (Wildman–Crippen MR) is 239 cm³/mol. The van der Waals surface area contributed by atoms with Crippen LogP contribution in [0.3, 0.4) is 0 Å². The van der Waals surface area contributed by atoms with Gasteiger partial charge in [-0.15, -0.1) is 0 Å². The molecule has 15 nitrogen and oxygen atoms in total. The van der Waals surface area contributed by atoms with Crippen molar-refractivity contribution < 1.29 is 81.2 Å². The fraction of sp³-hybridized carbons (Fsp3) is 0.720. The fourth-order valence-electron chi connectivity index (χ4n) is 15.4. The third-order valence-corrected chi connectivity index (χ3v) is 19.3. The van der Waals surface area contributed by atoms with E-state index in [1.54, 1.807) is 54.5 Å².